The molecule has 1 saturated heterocycles. The third-order valence-electron chi connectivity index (χ3n) is 5.23. The number of carbonyl (C=O) groups excluding carboxylic acids is 1. The van der Waals surface area contributed by atoms with Crippen LogP contribution in [0.25, 0.3) is 0 Å². The molecule has 0 radical (unpaired) electrons. The Labute approximate surface area is 155 Å². The van der Waals surface area contributed by atoms with Crippen molar-refractivity contribution in [2.45, 2.75) is 50.5 Å². The second kappa shape index (κ2) is 8.15. The summed E-state index contributed by atoms with van der Waals surface area (Å²) < 4.78 is 5.26. The zero-order valence-electron chi connectivity index (χ0n) is 14.8. The Morgan fingerprint density at radius 1 is 1.24 bits per heavy atom. The minimum atomic E-state index is 0.0575. The van der Waals surface area contributed by atoms with E-state index in [-0.39, 0.29) is 11.4 Å². The van der Waals surface area contributed by atoms with Gasteiger partial charge in [0.05, 0.1) is 0 Å². The van der Waals surface area contributed by atoms with Crippen molar-refractivity contribution in [2.24, 2.45) is 0 Å². The summed E-state index contributed by atoms with van der Waals surface area (Å²) in [6, 6.07) is 7.91. The van der Waals surface area contributed by atoms with Gasteiger partial charge >= 0.3 is 0 Å². The number of hydrogen-bond acceptors (Lipinski definition) is 3. The Morgan fingerprint density at radius 3 is 2.56 bits per heavy atom. The first-order valence-electron chi connectivity index (χ1n) is 9.10. The normalized spacial score (nSPS) is 19.2. The molecule has 0 spiro atoms. The second-order valence-electron chi connectivity index (χ2n) is 7.01. The highest BCUT2D eigenvalue weighted by Gasteiger charge is 2.34. The molecule has 1 saturated carbocycles. The standard InChI is InChI=1S/C19H27N3O2S/c1-24-14-12-19(10-2-3-11-19)21-18(25)20-15-6-8-16(9-7-15)22-13-4-5-17(22)23/h6-9H,2-5,10-14H2,1H3,(H2,20,21,25). The van der Waals surface area contributed by atoms with Crippen LogP contribution in [0.5, 0.6) is 0 Å². The lowest BCUT2D eigenvalue weighted by Crippen LogP contribution is -2.48. The van der Waals surface area contributed by atoms with E-state index in [9.17, 15) is 4.79 Å². The van der Waals surface area contributed by atoms with Crippen LogP contribution in [0.1, 0.15) is 44.9 Å². The van der Waals surface area contributed by atoms with Gasteiger partial charge in [-0.2, -0.15) is 0 Å². The van der Waals surface area contributed by atoms with Gasteiger partial charge in [-0.15, -0.1) is 0 Å². The number of thiocarbonyl (C=S) groups is 1. The smallest absolute Gasteiger partial charge is 0.227 e. The molecular formula is C19H27N3O2S. The number of anilines is 2. The first-order valence-corrected chi connectivity index (χ1v) is 9.51. The van der Waals surface area contributed by atoms with E-state index in [2.05, 4.69) is 10.6 Å². The highest BCUT2D eigenvalue weighted by molar-refractivity contribution is 7.80. The number of nitrogens with one attached hydrogen (secondary N) is 2. The van der Waals surface area contributed by atoms with Crippen LogP contribution in [0.2, 0.25) is 0 Å². The second-order valence-corrected chi connectivity index (χ2v) is 7.41. The molecule has 136 valence electrons. The predicted octanol–water partition coefficient (Wildman–Crippen LogP) is 3.45. The fourth-order valence-corrected chi connectivity index (χ4v) is 4.17. The van der Waals surface area contributed by atoms with Gasteiger partial charge in [0.2, 0.25) is 5.91 Å². The Hall–Kier alpha value is -1.66. The molecule has 2 aliphatic rings. The molecule has 2 fully saturated rings. The lowest BCUT2D eigenvalue weighted by atomic mass is 9.94. The maximum Gasteiger partial charge on any atom is 0.227 e. The highest BCUT2D eigenvalue weighted by atomic mass is 32.1. The summed E-state index contributed by atoms with van der Waals surface area (Å²) in [6.07, 6.45) is 7.30. The van der Waals surface area contributed by atoms with Gasteiger partial charge in [-0.1, -0.05) is 12.8 Å². The van der Waals surface area contributed by atoms with Crippen LogP contribution in [0.4, 0.5) is 11.4 Å². The molecule has 25 heavy (non-hydrogen) atoms. The monoisotopic (exact) mass is 361 g/mol. The van der Waals surface area contributed by atoms with Crippen molar-refractivity contribution in [1.82, 2.24) is 5.32 Å². The van der Waals surface area contributed by atoms with Gasteiger partial charge in [-0.05, 0) is 62.2 Å². The van der Waals surface area contributed by atoms with Gasteiger partial charge in [0.25, 0.3) is 0 Å². The van der Waals surface area contributed by atoms with E-state index in [1.54, 1.807) is 7.11 Å². The fraction of sp³-hybridized carbons (Fsp3) is 0.579. The number of carbonyl (C=O) groups is 1. The van der Waals surface area contributed by atoms with Crippen LogP contribution in [0.15, 0.2) is 24.3 Å². The molecule has 0 aromatic heterocycles. The molecule has 0 atom stereocenters. The highest BCUT2D eigenvalue weighted by Crippen LogP contribution is 2.32. The van der Waals surface area contributed by atoms with E-state index >= 15 is 0 Å². The van der Waals surface area contributed by atoms with E-state index in [0.717, 1.165) is 50.2 Å². The van der Waals surface area contributed by atoms with Crippen molar-refractivity contribution >= 4 is 34.6 Å². The molecule has 0 bridgehead atoms. The molecule has 1 heterocycles. The molecule has 5 nitrogen and oxygen atoms in total. The fourth-order valence-electron chi connectivity index (χ4n) is 3.84. The SMILES string of the molecule is COCCC1(NC(=S)Nc2ccc(N3CCCC3=O)cc2)CCCC1. The zero-order valence-corrected chi connectivity index (χ0v) is 15.7. The van der Waals surface area contributed by atoms with Crippen molar-refractivity contribution < 1.29 is 9.53 Å². The van der Waals surface area contributed by atoms with Gasteiger partial charge in [-0.25, -0.2) is 0 Å². The van der Waals surface area contributed by atoms with Crippen molar-refractivity contribution in [3.05, 3.63) is 24.3 Å². The Kier molecular flexibility index (Phi) is 5.91. The van der Waals surface area contributed by atoms with Crippen molar-refractivity contribution in [3.8, 4) is 0 Å². The maximum absolute atomic E-state index is 11.8. The topological polar surface area (TPSA) is 53.6 Å². The third-order valence-corrected chi connectivity index (χ3v) is 5.44. The lowest BCUT2D eigenvalue weighted by molar-refractivity contribution is -0.117. The van der Waals surface area contributed by atoms with Crippen LogP contribution < -0.4 is 15.5 Å². The number of methoxy groups -OCH3 is 1. The maximum atomic E-state index is 11.8. The Balaban J connectivity index is 1.58. The number of rotatable bonds is 6. The molecule has 1 aliphatic carbocycles. The molecule has 1 aromatic rings. The lowest BCUT2D eigenvalue weighted by Gasteiger charge is -2.31. The van der Waals surface area contributed by atoms with E-state index in [1.165, 1.54) is 12.8 Å². The van der Waals surface area contributed by atoms with Gasteiger partial charge in [0.15, 0.2) is 5.11 Å². The van der Waals surface area contributed by atoms with Gasteiger partial charge in [-0.3, -0.25) is 4.79 Å². The summed E-state index contributed by atoms with van der Waals surface area (Å²) in [6.45, 7) is 1.56. The average Bonchev–Trinajstić information content (AvgIpc) is 3.23. The predicted molar refractivity (Wildman–Crippen MR) is 105 cm³/mol. The van der Waals surface area contributed by atoms with E-state index in [4.69, 9.17) is 17.0 Å². The average molecular weight is 362 g/mol. The Morgan fingerprint density at radius 2 is 1.96 bits per heavy atom. The number of hydrogen-bond donors (Lipinski definition) is 2. The zero-order chi connectivity index (χ0) is 17.7. The van der Waals surface area contributed by atoms with Gasteiger partial charge in [0, 0.05) is 43.6 Å². The molecule has 1 aliphatic heterocycles. The van der Waals surface area contributed by atoms with E-state index in [1.807, 2.05) is 29.2 Å². The molecule has 1 amide bonds. The number of nitrogens with zero attached hydrogens (tertiary/aromatic N) is 1. The quantitative estimate of drug-likeness (QED) is 0.760. The summed E-state index contributed by atoms with van der Waals surface area (Å²) in [7, 11) is 1.74. The molecule has 3 rings (SSSR count). The molecule has 2 N–H and O–H groups in total. The minimum absolute atomic E-state index is 0.0575. The molecule has 6 heteroatoms. The molecule has 1 aromatic carbocycles. The van der Waals surface area contributed by atoms with Crippen molar-refractivity contribution in [2.75, 3.05) is 30.5 Å². The summed E-state index contributed by atoms with van der Waals surface area (Å²) in [5.74, 6) is 0.208. The summed E-state index contributed by atoms with van der Waals surface area (Å²) in [5.41, 5.74) is 1.95. The molecule has 0 unspecified atom stereocenters. The first-order chi connectivity index (χ1) is 12.1. The summed E-state index contributed by atoms with van der Waals surface area (Å²) in [5, 5.41) is 7.46. The summed E-state index contributed by atoms with van der Waals surface area (Å²) in [4.78, 5) is 13.7. The van der Waals surface area contributed by atoms with Crippen LogP contribution in [-0.4, -0.2) is 36.8 Å². The van der Waals surface area contributed by atoms with Crippen molar-refractivity contribution in [3.63, 3.8) is 0 Å². The largest absolute Gasteiger partial charge is 0.385 e. The van der Waals surface area contributed by atoms with E-state index in [0.29, 0.717) is 11.5 Å². The summed E-state index contributed by atoms with van der Waals surface area (Å²) >= 11 is 5.53. The van der Waals surface area contributed by atoms with Crippen molar-refractivity contribution in [1.29, 1.82) is 0 Å². The van der Waals surface area contributed by atoms with Crippen LogP contribution in [-0.2, 0) is 9.53 Å². The number of ether oxygens (including phenoxy) is 1. The molecular weight excluding hydrogens is 334 g/mol. The van der Waals surface area contributed by atoms with Crippen LogP contribution >= 0.6 is 12.2 Å². The minimum Gasteiger partial charge on any atom is -0.385 e. The van der Waals surface area contributed by atoms with Crippen LogP contribution in [0.3, 0.4) is 0 Å². The van der Waals surface area contributed by atoms with Gasteiger partial charge in [0.1, 0.15) is 0 Å². The van der Waals surface area contributed by atoms with Crippen LogP contribution in [0, 0.1) is 0 Å². The Bertz CT molecular complexity index is 612. The number of benzene rings is 1. The van der Waals surface area contributed by atoms with Gasteiger partial charge < -0.3 is 20.3 Å². The van der Waals surface area contributed by atoms with E-state index < -0.39 is 0 Å². The first kappa shape index (κ1) is 18.1. The third kappa shape index (κ3) is 4.50. The number of amides is 1.